The van der Waals surface area contributed by atoms with Crippen molar-refractivity contribution in [2.45, 2.75) is 37.4 Å². The van der Waals surface area contributed by atoms with Crippen molar-refractivity contribution in [2.75, 3.05) is 0 Å². The van der Waals surface area contributed by atoms with Crippen molar-refractivity contribution in [3.05, 3.63) is 23.3 Å². The van der Waals surface area contributed by atoms with Crippen molar-refractivity contribution in [1.82, 2.24) is 9.97 Å². The van der Waals surface area contributed by atoms with E-state index in [4.69, 9.17) is 0 Å². The second kappa shape index (κ2) is 3.74. The number of aryl methyl sites for hydroxylation is 1. The molecule has 0 aliphatic heterocycles. The van der Waals surface area contributed by atoms with Crippen molar-refractivity contribution in [3.8, 4) is 0 Å². The zero-order valence-electron chi connectivity index (χ0n) is 7.76. The minimum atomic E-state index is 0.723. The number of alkyl halides is 1. The zero-order valence-corrected chi connectivity index (χ0v) is 9.34. The Kier molecular flexibility index (Phi) is 2.63. The van der Waals surface area contributed by atoms with Gasteiger partial charge in [-0.15, -0.1) is 0 Å². The van der Waals surface area contributed by atoms with E-state index in [0.717, 1.165) is 23.5 Å². The summed E-state index contributed by atoms with van der Waals surface area (Å²) < 4.78 is 0. The van der Waals surface area contributed by atoms with E-state index in [0.29, 0.717) is 0 Å². The van der Waals surface area contributed by atoms with Crippen LogP contribution in [0.2, 0.25) is 0 Å². The molecule has 70 valence electrons. The topological polar surface area (TPSA) is 25.8 Å². The molecule has 1 aliphatic rings. The highest BCUT2D eigenvalue weighted by Gasteiger charge is 2.27. The van der Waals surface area contributed by atoms with Crippen LogP contribution >= 0.6 is 15.9 Å². The monoisotopic (exact) mass is 240 g/mol. The van der Waals surface area contributed by atoms with Crippen molar-refractivity contribution >= 4 is 15.9 Å². The Labute approximate surface area is 86.9 Å². The lowest BCUT2D eigenvalue weighted by Gasteiger charge is -2.05. The maximum Gasteiger partial charge on any atom is 0.128 e. The number of aromatic nitrogens is 2. The van der Waals surface area contributed by atoms with E-state index in [-0.39, 0.29) is 0 Å². The lowest BCUT2D eigenvalue weighted by molar-refractivity contribution is 0.865. The van der Waals surface area contributed by atoms with Gasteiger partial charge in [0, 0.05) is 29.4 Å². The molecule has 1 aromatic rings. The first-order valence-electron chi connectivity index (χ1n) is 4.75. The SMILES string of the molecule is CCc1ncc(CBr)c(C2CC2)n1. The van der Waals surface area contributed by atoms with Crippen LogP contribution in [0, 0.1) is 0 Å². The van der Waals surface area contributed by atoms with Gasteiger partial charge in [0.05, 0.1) is 5.69 Å². The summed E-state index contributed by atoms with van der Waals surface area (Å²) in [7, 11) is 0. The second-order valence-corrected chi connectivity index (χ2v) is 4.02. The highest BCUT2D eigenvalue weighted by molar-refractivity contribution is 9.08. The van der Waals surface area contributed by atoms with Crippen molar-refractivity contribution in [1.29, 1.82) is 0 Å². The van der Waals surface area contributed by atoms with Crippen LogP contribution in [0.4, 0.5) is 0 Å². The standard InChI is InChI=1S/C10H13BrN2/c1-2-9-12-6-8(5-11)10(13-9)7-3-4-7/h6-7H,2-5H2,1H3. The van der Waals surface area contributed by atoms with Gasteiger partial charge in [-0.3, -0.25) is 0 Å². The molecule has 1 aromatic heterocycles. The largest absolute Gasteiger partial charge is 0.241 e. The van der Waals surface area contributed by atoms with E-state index in [2.05, 4.69) is 32.8 Å². The predicted molar refractivity (Wildman–Crippen MR) is 56.0 cm³/mol. The molecule has 1 saturated carbocycles. The first kappa shape index (κ1) is 9.13. The normalized spacial score (nSPS) is 16.2. The van der Waals surface area contributed by atoms with E-state index in [9.17, 15) is 0 Å². The second-order valence-electron chi connectivity index (χ2n) is 3.46. The Bertz CT molecular complexity index is 308. The predicted octanol–water partition coefficient (Wildman–Crippen LogP) is 2.81. The van der Waals surface area contributed by atoms with Crippen LogP contribution < -0.4 is 0 Å². The van der Waals surface area contributed by atoms with E-state index in [1.807, 2.05) is 6.20 Å². The summed E-state index contributed by atoms with van der Waals surface area (Å²) in [6, 6.07) is 0. The highest BCUT2D eigenvalue weighted by Crippen LogP contribution is 2.40. The van der Waals surface area contributed by atoms with E-state index >= 15 is 0 Å². The van der Waals surface area contributed by atoms with E-state index in [1.54, 1.807) is 0 Å². The Balaban J connectivity index is 2.35. The molecule has 0 bridgehead atoms. The fourth-order valence-corrected chi connectivity index (χ4v) is 1.87. The third kappa shape index (κ3) is 1.90. The zero-order chi connectivity index (χ0) is 9.26. The van der Waals surface area contributed by atoms with Gasteiger partial charge < -0.3 is 0 Å². The molecule has 0 atom stereocenters. The maximum atomic E-state index is 4.58. The molecule has 2 nitrogen and oxygen atoms in total. The first-order valence-corrected chi connectivity index (χ1v) is 5.88. The summed E-state index contributed by atoms with van der Waals surface area (Å²) in [5.41, 5.74) is 2.54. The summed E-state index contributed by atoms with van der Waals surface area (Å²) in [6.07, 6.45) is 5.51. The first-order chi connectivity index (χ1) is 6.35. The third-order valence-electron chi connectivity index (χ3n) is 2.37. The smallest absolute Gasteiger partial charge is 0.128 e. The number of nitrogens with zero attached hydrogens (tertiary/aromatic N) is 2. The molecule has 0 amide bonds. The molecule has 1 fully saturated rings. The quantitative estimate of drug-likeness (QED) is 0.760. The lowest BCUT2D eigenvalue weighted by Crippen LogP contribution is -2.01. The molecule has 0 saturated heterocycles. The molecule has 13 heavy (non-hydrogen) atoms. The number of hydrogen-bond donors (Lipinski definition) is 0. The van der Waals surface area contributed by atoms with Gasteiger partial charge >= 0.3 is 0 Å². The fraction of sp³-hybridized carbons (Fsp3) is 0.600. The molecule has 2 rings (SSSR count). The van der Waals surface area contributed by atoms with Gasteiger partial charge in [-0.2, -0.15) is 0 Å². The molecule has 0 N–H and O–H groups in total. The van der Waals surface area contributed by atoms with Gasteiger partial charge in [-0.1, -0.05) is 22.9 Å². The molecule has 1 aliphatic carbocycles. The molecule has 0 radical (unpaired) electrons. The number of halogens is 1. The van der Waals surface area contributed by atoms with Gasteiger partial charge in [-0.05, 0) is 12.8 Å². The van der Waals surface area contributed by atoms with Crippen LogP contribution in [0.3, 0.4) is 0 Å². The summed E-state index contributed by atoms with van der Waals surface area (Å²) in [6.45, 7) is 2.10. The number of hydrogen-bond acceptors (Lipinski definition) is 2. The fourth-order valence-electron chi connectivity index (χ4n) is 1.44. The van der Waals surface area contributed by atoms with Crippen LogP contribution in [0.5, 0.6) is 0 Å². The van der Waals surface area contributed by atoms with Crippen molar-refractivity contribution in [3.63, 3.8) is 0 Å². The van der Waals surface area contributed by atoms with Gasteiger partial charge in [0.2, 0.25) is 0 Å². The van der Waals surface area contributed by atoms with Crippen LogP contribution in [0.15, 0.2) is 6.20 Å². The molecule has 0 unspecified atom stereocenters. The van der Waals surface area contributed by atoms with E-state index < -0.39 is 0 Å². The van der Waals surface area contributed by atoms with Crippen LogP contribution in [-0.2, 0) is 11.8 Å². The Morgan fingerprint density at radius 3 is 2.85 bits per heavy atom. The maximum absolute atomic E-state index is 4.58. The Hall–Kier alpha value is -0.440. The summed E-state index contributed by atoms with van der Waals surface area (Å²) in [4.78, 5) is 8.88. The molecule has 0 aromatic carbocycles. The Morgan fingerprint density at radius 1 is 1.54 bits per heavy atom. The lowest BCUT2D eigenvalue weighted by atomic mass is 10.2. The summed E-state index contributed by atoms with van der Waals surface area (Å²) in [5, 5.41) is 0.878. The number of rotatable bonds is 3. The summed E-state index contributed by atoms with van der Waals surface area (Å²) in [5.74, 6) is 1.70. The highest BCUT2D eigenvalue weighted by atomic mass is 79.9. The molecule has 0 spiro atoms. The minimum absolute atomic E-state index is 0.723. The van der Waals surface area contributed by atoms with Crippen molar-refractivity contribution < 1.29 is 0 Å². The molecular weight excluding hydrogens is 228 g/mol. The van der Waals surface area contributed by atoms with E-state index in [1.165, 1.54) is 24.1 Å². The third-order valence-corrected chi connectivity index (χ3v) is 2.98. The minimum Gasteiger partial charge on any atom is -0.241 e. The molecule has 1 heterocycles. The molecule has 3 heteroatoms. The van der Waals surface area contributed by atoms with Gasteiger partial charge in [0.1, 0.15) is 5.82 Å². The van der Waals surface area contributed by atoms with Crippen LogP contribution in [-0.4, -0.2) is 9.97 Å². The van der Waals surface area contributed by atoms with Crippen LogP contribution in [0.1, 0.15) is 42.8 Å². The van der Waals surface area contributed by atoms with Gasteiger partial charge in [-0.25, -0.2) is 9.97 Å². The van der Waals surface area contributed by atoms with Crippen LogP contribution in [0.25, 0.3) is 0 Å². The molecular formula is C10H13BrN2. The van der Waals surface area contributed by atoms with Crippen molar-refractivity contribution in [2.24, 2.45) is 0 Å². The van der Waals surface area contributed by atoms with Gasteiger partial charge in [0.15, 0.2) is 0 Å². The average Bonchev–Trinajstić information content (AvgIpc) is 3.00. The Morgan fingerprint density at radius 2 is 2.31 bits per heavy atom. The summed E-state index contributed by atoms with van der Waals surface area (Å²) >= 11 is 3.47. The average molecular weight is 241 g/mol. The van der Waals surface area contributed by atoms with Gasteiger partial charge in [0.25, 0.3) is 0 Å².